The van der Waals surface area contributed by atoms with Crippen LogP contribution in [0.5, 0.6) is 0 Å². The molecule has 1 amide bonds. The molecule has 1 N–H and O–H groups in total. The van der Waals surface area contributed by atoms with Gasteiger partial charge in [0.15, 0.2) is 0 Å². The highest BCUT2D eigenvalue weighted by molar-refractivity contribution is 5.98. The zero-order chi connectivity index (χ0) is 9.68. The summed E-state index contributed by atoms with van der Waals surface area (Å²) >= 11 is 0. The van der Waals surface area contributed by atoms with Crippen LogP contribution in [0.3, 0.4) is 0 Å². The smallest absolute Gasteiger partial charge is 0.228 e. The van der Waals surface area contributed by atoms with E-state index in [2.05, 4.69) is 19.2 Å². The molecule has 0 radical (unpaired) electrons. The van der Waals surface area contributed by atoms with Crippen LogP contribution in [-0.2, 0) is 11.2 Å². The minimum atomic E-state index is 0.0983. The van der Waals surface area contributed by atoms with E-state index in [1.54, 1.807) is 0 Å². The molecule has 0 fully saturated rings. The first-order valence-corrected chi connectivity index (χ1v) is 4.65. The Balaban J connectivity index is 0.000000251. The van der Waals surface area contributed by atoms with Crippen molar-refractivity contribution in [1.82, 2.24) is 0 Å². The largest absolute Gasteiger partial charge is 0.326 e. The number of hydrogen-bond donors (Lipinski definition) is 1. The van der Waals surface area contributed by atoms with Crippen LogP contribution >= 0.6 is 0 Å². The lowest BCUT2D eigenvalue weighted by atomic mass is 10.2. The van der Waals surface area contributed by atoms with Gasteiger partial charge in [-0.1, -0.05) is 38.5 Å². The Hall–Kier alpha value is -1.31. The van der Waals surface area contributed by atoms with Gasteiger partial charge in [-0.3, -0.25) is 4.79 Å². The van der Waals surface area contributed by atoms with E-state index >= 15 is 0 Å². The third-order valence-electron chi connectivity index (χ3n) is 1.64. The second-order valence-corrected chi connectivity index (χ2v) is 3.09. The van der Waals surface area contributed by atoms with Crippen LogP contribution in [0.4, 0.5) is 5.69 Å². The number of amides is 1. The lowest BCUT2D eigenvalue weighted by molar-refractivity contribution is -0.115. The number of fused-ring (bicyclic) bond motifs is 1. The summed E-state index contributed by atoms with van der Waals surface area (Å²) in [6.45, 7) is 4.25. The fraction of sp³-hybridized carbons (Fsp3) is 0.364. The first kappa shape index (κ1) is 9.78. The highest BCUT2D eigenvalue weighted by Crippen LogP contribution is 2.20. The Morgan fingerprint density at radius 2 is 1.92 bits per heavy atom. The topological polar surface area (TPSA) is 29.1 Å². The van der Waals surface area contributed by atoms with E-state index in [1.807, 2.05) is 24.3 Å². The van der Waals surface area contributed by atoms with Crippen molar-refractivity contribution in [2.75, 3.05) is 5.32 Å². The Morgan fingerprint density at radius 3 is 2.54 bits per heavy atom. The summed E-state index contributed by atoms with van der Waals surface area (Å²) in [5, 5.41) is 2.76. The quantitative estimate of drug-likeness (QED) is 0.648. The minimum Gasteiger partial charge on any atom is -0.326 e. The van der Waals surface area contributed by atoms with Crippen molar-refractivity contribution in [2.45, 2.75) is 26.7 Å². The van der Waals surface area contributed by atoms with Crippen molar-refractivity contribution >= 4 is 11.6 Å². The van der Waals surface area contributed by atoms with Gasteiger partial charge in [-0.2, -0.15) is 0 Å². The molecule has 0 unspecified atom stereocenters. The highest BCUT2D eigenvalue weighted by atomic mass is 16.1. The van der Waals surface area contributed by atoms with Crippen molar-refractivity contribution in [3.05, 3.63) is 29.8 Å². The van der Waals surface area contributed by atoms with Gasteiger partial charge in [0.1, 0.15) is 0 Å². The summed E-state index contributed by atoms with van der Waals surface area (Å²) in [4.78, 5) is 10.8. The number of carbonyl (C=O) groups is 1. The number of anilines is 1. The SMILES string of the molecule is CCC.O=C1Cc2ccccc2N1. The van der Waals surface area contributed by atoms with E-state index in [0.717, 1.165) is 11.3 Å². The molecule has 0 atom stereocenters. The van der Waals surface area contributed by atoms with Gasteiger partial charge in [-0.05, 0) is 11.6 Å². The first-order chi connectivity index (χ1) is 6.27. The van der Waals surface area contributed by atoms with Crippen LogP contribution in [0.25, 0.3) is 0 Å². The average molecular weight is 177 g/mol. The summed E-state index contributed by atoms with van der Waals surface area (Å²) in [7, 11) is 0. The normalized spacial score (nSPS) is 12.6. The molecule has 0 bridgehead atoms. The van der Waals surface area contributed by atoms with Gasteiger partial charge in [0, 0.05) is 5.69 Å². The number of carbonyl (C=O) groups excluding carboxylic acids is 1. The van der Waals surface area contributed by atoms with Crippen LogP contribution in [0, 0.1) is 0 Å². The lowest BCUT2D eigenvalue weighted by Gasteiger charge is -1.93. The second kappa shape index (κ2) is 4.65. The number of rotatable bonds is 0. The zero-order valence-corrected chi connectivity index (χ0v) is 8.13. The van der Waals surface area contributed by atoms with Crippen molar-refractivity contribution in [1.29, 1.82) is 0 Å². The molecular formula is C11H15NO. The lowest BCUT2D eigenvalue weighted by Crippen LogP contribution is -2.03. The van der Waals surface area contributed by atoms with Gasteiger partial charge >= 0.3 is 0 Å². The maximum absolute atomic E-state index is 10.8. The monoisotopic (exact) mass is 177 g/mol. The maximum atomic E-state index is 10.8. The van der Waals surface area contributed by atoms with Crippen LogP contribution in [0.1, 0.15) is 25.8 Å². The molecule has 2 rings (SSSR count). The summed E-state index contributed by atoms with van der Waals surface area (Å²) < 4.78 is 0. The number of hydrogen-bond acceptors (Lipinski definition) is 1. The van der Waals surface area contributed by atoms with Crippen molar-refractivity contribution in [3.63, 3.8) is 0 Å². The van der Waals surface area contributed by atoms with Crippen LogP contribution < -0.4 is 5.32 Å². The summed E-state index contributed by atoms with van der Waals surface area (Å²) in [6.07, 6.45) is 1.79. The molecule has 2 heteroatoms. The molecule has 1 heterocycles. The Morgan fingerprint density at radius 1 is 1.31 bits per heavy atom. The Bertz CT molecular complexity index is 267. The van der Waals surface area contributed by atoms with E-state index in [9.17, 15) is 4.79 Å². The van der Waals surface area contributed by atoms with Crippen molar-refractivity contribution in [2.24, 2.45) is 0 Å². The van der Waals surface area contributed by atoms with Gasteiger partial charge in [-0.15, -0.1) is 0 Å². The number of para-hydroxylation sites is 1. The highest BCUT2D eigenvalue weighted by Gasteiger charge is 2.15. The van der Waals surface area contributed by atoms with Crippen molar-refractivity contribution < 1.29 is 4.79 Å². The molecule has 1 aliphatic rings. The number of nitrogens with one attached hydrogen (secondary N) is 1. The third kappa shape index (κ3) is 2.58. The molecule has 0 saturated carbocycles. The maximum Gasteiger partial charge on any atom is 0.228 e. The Labute approximate surface area is 79.0 Å². The fourth-order valence-electron chi connectivity index (χ4n) is 1.16. The molecule has 70 valence electrons. The average Bonchev–Trinajstić information content (AvgIpc) is 2.45. The molecule has 0 aliphatic carbocycles. The summed E-state index contributed by atoms with van der Waals surface area (Å²) in [5.74, 6) is 0.0983. The van der Waals surface area contributed by atoms with Crippen LogP contribution in [-0.4, -0.2) is 5.91 Å². The second-order valence-electron chi connectivity index (χ2n) is 3.09. The van der Waals surface area contributed by atoms with Gasteiger partial charge < -0.3 is 5.32 Å². The van der Waals surface area contributed by atoms with Crippen molar-refractivity contribution in [3.8, 4) is 0 Å². The molecule has 13 heavy (non-hydrogen) atoms. The van der Waals surface area contributed by atoms with Gasteiger partial charge in [-0.25, -0.2) is 0 Å². The number of benzene rings is 1. The van der Waals surface area contributed by atoms with E-state index < -0.39 is 0 Å². The van der Waals surface area contributed by atoms with Gasteiger partial charge in [0.2, 0.25) is 5.91 Å². The molecule has 0 spiro atoms. The standard InChI is InChI=1S/C8H7NO.C3H8/c10-8-5-6-3-1-2-4-7(6)9-8;1-3-2/h1-4H,5H2,(H,9,10);3H2,1-2H3. The molecule has 1 aromatic carbocycles. The Kier molecular flexibility index (Phi) is 3.50. The molecule has 1 aromatic rings. The van der Waals surface area contributed by atoms with Crippen LogP contribution in [0.15, 0.2) is 24.3 Å². The molecule has 0 saturated heterocycles. The zero-order valence-electron chi connectivity index (χ0n) is 8.13. The van der Waals surface area contributed by atoms with E-state index in [4.69, 9.17) is 0 Å². The molecule has 2 nitrogen and oxygen atoms in total. The summed E-state index contributed by atoms with van der Waals surface area (Å²) in [6, 6.07) is 7.75. The molecule has 0 aromatic heterocycles. The summed E-state index contributed by atoms with van der Waals surface area (Å²) in [5.41, 5.74) is 2.07. The van der Waals surface area contributed by atoms with Gasteiger partial charge in [0.25, 0.3) is 0 Å². The third-order valence-corrected chi connectivity index (χ3v) is 1.64. The van der Waals surface area contributed by atoms with Gasteiger partial charge in [0.05, 0.1) is 6.42 Å². The molecule has 1 aliphatic heterocycles. The van der Waals surface area contributed by atoms with E-state index in [-0.39, 0.29) is 5.91 Å². The molecular weight excluding hydrogens is 162 g/mol. The minimum absolute atomic E-state index is 0.0983. The predicted octanol–water partition coefficient (Wildman–Crippen LogP) is 2.60. The fourth-order valence-corrected chi connectivity index (χ4v) is 1.16. The predicted molar refractivity (Wildman–Crippen MR) is 54.7 cm³/mol. The first-order valence-electron chi connectivity index (χ1n) is 4.65. The van der Waals surface area contributed by atoms with E-state index in [0.29, 0.717) is 6.42 Å². The van der Waals surface area contributed by atoms with Crippen LogP contribution in [0.2, 0.25) is 0 Å². The van der Waals surface area contributed by atoms with E-state index in [1.165, 1.54) is 6.42 Å².